The lowest BCUT2D eigenvalue weighted by Crippen LogP contribution is -2.44. The first-order valence-electron chi connectivity index (χ1n) is 6.72. The number of carboxylic acids is 1. The zero-order chi connectivity index (χ0) is 17.0. The van der Waals surface area contributed by atoms with Crippen LogP contribution in [0.25, 0.3) is 6.08 Å². The van der Waals surface area contributed by atoms with Crippen LogP contribution in [0, 0.1) is 0 Å². The molecule has 1 amide bonds. The zero-order valence-electron chi connectivity index (χ0n) is 12.3. The highest BCUT2D eigenvalue weighted by atomic mass is 32.2. The number of phenols is 1. The topological polar surface area (TPSA) is 77.8 Å². The Bertz CT molecular complexity index is 674. The number of thioether (sulfide) groups is 2. The lowest BCUT2D eigenvalue weighted by Gasteiger charge is -2.22. The molecule has 1 aromatic carbocycles. The summed E-state index contributed by atoms with van der Waals surface area (Å²) in [6.07, 6.45) is 3.82. The number of aromatic hydroxyl groups is 1. The van der Waals surface area contributed by atoms with Crippen molar-refractivity contribution in [3.05, 3.63) is 34.7 Å². The van der Waals surface area contributed by atoms with E-state index < -0.39 is 17.9 Å². The van der Waals surface area contributed by atoms with Crippen LogP contribution in [0.2, 0.25) is 0 Å². The molecule has 0 spiro atoms. The summed E-state index contributed by atoms with van der Waals surface area (Å²) < 4.78 is 0.245. The number of hydrogen-bond donors (Lipinski definition) is 2. The number of aliphatic carboxylic acids is 1. The minimum Gasteiger partial charge on any atom is -0.508 e. The molecule has 2 N–H and O–H groups in total. The van der Waals surface area contributed by atoms with Crippen molar-refractivity contribution in [3.8, 4) is 5.75 Å². The van der Waals surface area contributed by atoms with Gasteiger partial charge in [-0.3, -0.25) is 9.69 Å². The van der Waals surface area contributed by atoms with Crippen LogP contribution in [-0.2, 0) is 9.59 Å². The predicted molar refractivity (Wildman–Crippen MR) is 97.5 cm³/mol. The van der Waals surface area contributed by atoms with E-state index in [1.807, 2.05) is 6.26 Å². The maximum Gasteiger partial charge on any atom is 0.326 e. The normalized spacial score (nSPS) is 17.8. The Morgan fingerprint density at radius 1 is 1.52 bits per heavy atom. The number of nitrogens with zero attached hydrogens (tertiary/aromatic N) is 1. The summed E-state index contributed by atoms with van der Waals surface area (Å²) in [5.74, 6) is -0.747. The highest BCUT2D eigenvalue weighted by Crippen LogP contribution is 2.35. The quantitative estimate of drug-likeness (QED) is 0.590. The van der Waals surface area contributed by atoms with Crippen LogP contribution in [0.5, 0.6) is 5.75 Å². The summed E-state index contributed by atoms with van der Waals surface area (Å²) in [5, 5.41) is 18.9. The average molecular weight is 369 g/mol. The van der Waals surface area contributed by atoms with Gasteiger partial charge in [-0.2, -0.15) is 11.8 Å². The van der Waals surface area contributed by atoms with Gasteiger partial charge in [0.1, 0.15) is 16.1 Å². The van der Waals surface area contributed by atoms with Gasteiger partial charge in [0.25, 0.3) is 5.91 Å². The summed E-state index contributed by atoms with van der Waals surface area (Å²) in [6, 6.07) is 5.51. The van der Waals surface area contributed by atoms with Gasteiger partial charge in [0.2, 0.25) is 0 Å². The number of phenolic OH excluding ortho intramolecular Hbond substituents is 1. The van der Waals surface area contributed by atoms with E-state index in [4.69, 9.17) is 12.2 Å². The smallest absolute Gasteiger partial charge is 0.326 e. The van der Waals surface area contributed by atoms with E-state index in [1.165, 1.54) is 28.8 Å². The number of thiocarbonyl (C=S) groups is 1. The van der Waals surface area contributed by atoms with Gasteiger partial charge < -0.3 is 10.2 Å². The standard InChI is InChI=1S/C15H15NO4S3/c1-22-6-5-11(14(19)20)16-13(18)12(23-15(16)21)8-9-3-2-4-10(17)7-9/h2-4,7-8,11,17H,5-6H2,1H3,(H,19,20)/b12-8+. The van der Waals surface area contributed by atoms with Crippen molar-refractivity contribution in [1.29, 1.82) is 0 Å². The van der Waals surface area contributed by atoms with Crippen LogP contribution in [0.3, 0.4) is 0 Å². The minimum atomic E-state index is -1.06. The van der Waals surface area contributed by atoms with Gasteiger partial charge in [-0.25, -0.2) is 4.79 Å². The molecule has 0 bridgehead atoms. The lowest BCUT2D eigenvalue weighted by molar-refractivity contribution is -0.145. The molecule has 1 atom stereocenters. The fraction of sp³-hybridized carbons (Fsp3) is 0.267. The maximum atomic E-state index is 12.5. The molecule has 2 rings (SSSR count). The molecule has 23 heavy (non-hydrogen) atoms. The van der Waals surface area contributed by atoms with Crippen LogP contribution >= 0.6 is 35.7 Å². The average Bonchev–Trinajstić information content (AvgIpc) is 2.75. The molecular formula is C15H15NO4S3. The van der Waals surface area contributed by atoms with E-state index in [1.54, 1.807) is 18.2 Å². The number of carbonyl (C=O) groups is 2. The molecule has 1 fully saturated rings. The van der Waals surface area contributed by atoms with Crippen molar-refractivity contribution in [2.45, 2.75) is 12.5 Å². The highest BCUT2D eigenvalue weighted by molar-refractivity contribution is 8.26. The van der Waals surface area contributed by atoms with Gasteiger partial charge in [0.15, 0.2) is 0 Å². The molecule has 1 aliphatic rings. The van der Waals surface area contributed by atoms with Crippen molar-refractivity contribution in [2.24, 2.45) is 0 Å². The van der Waals surface area contributed by atoms with Crippen LogP contribution in [-0.4, -0.2) is 49.4 Å². The molecule has 1 unspecified atom stereocenters. The van der Waals surface area contributed by atoms with Crippen LogP contribution in [0.1, 0.15) is 12.0 Å². The molecule has 0 aromatic heterocycles. The molecule has 1 aromatic rings. The summed E-state index contributed by atoms with van der Waals surface area (Å²) in [7, 11) is 0. The number of carbonyl (C=O) groups excluding carboxylic acids is 1. The Morgan fingerprint density at radius 2 is 2.26 bits per heavy atom. The van der Waals surface area contributed by atoms with Gasteiger partial charge in [-0.1, -0.05) is 36.1 Å². The third-order valence-electron chi connectivity index (χ3n) is 3.18. The SMILES string of the molecule is CSCCC(C(=O)O)N1C(=O)/C(=C\c2cccc(O)c2)SC1=S. The lowest BCUT2D eigenvalue weighted by atomic mass is 10.1. The van der Waals surface area contributed by atoms with Crippen molar-refractivity contribution in [2.75, 3.05) is 12.0 Å². The molecule has 1 aliphatic heterocycles. The predicted octanol–water partition coefficient (Wildman–Crippen LogP) is 2.80. The van der Waals surface area contributed by atoms with Gasteiger partial charge >= 0.3 is 5.97 Å². The first kappa shape index (κ1) is 17.8. The Hall–Kier alpha value is -1.51. The van der Waals surface area contributed by atoms with Gasteiger partial charge in [-0.15, -0.1) is 0 Å². The summed E-state index contributed by atoms with van der Waals surface area (Å²) >= 11 is 7.79. The van der Waals surface area contributed by atoms with Gasteiger partial charge in [-0.05, 0) is 42.2 Å². The Balaban J connectivity index is 2.26. The molecule has 0 radical (unpaired) electrons. The molecule has 1 saturated heterocycles. The summed E-state index contributed by atoms with van der Waals surface area (Å²) in [6.45, 7) is 0. The first-order valence-corrected chi connectivity index (χ1v) is 9.33. The molecule has 1 heterocycles. The second kappa shape index (κ2) is 7.85. The van der Waals surface area contributed by atoms with E-state index in [9.17, 15) is 19.8 Å². The van der Waals surface area contributed by atoms with Crippen LogP contribution in [0.15, 0.2) is 29.2 Å². The van der Waals surface area contributed by atoms with E-state index in [2.05, 4.69) is 0 Å². The molecule has 8 heteroatoms. The fourth-order valence-corrected chi connectivity index (χ4v) is 3.92. The monoisotopic (exact) mass is 369 g/mol. The fourth-order valence-electron chi connectivity index (χ4n) is 2.11. The maximum absolute atomic E-state index is 12.5. The number of hydrogen-bond acceptors (Lipinski definition) is 6. The van der Waals surface area contributed by atoms with Crippen molar-refractivity contribution in [1.82, 2.24) is 4.90 Å². The molecule has 122 valence electrons. The Kier molecular flexibility index (Phi) is 6.09. The second-order valence-electron chi connectivity index (χ2n) is 4.78. The molecule has 5 nitrogen and oxygen atoms in total. The van der Waals surface area contributed by atoms with E-state index >= 15 is 0 Å². The van der Waals surface area contributed by atoms with Gasteiger partial charge in [0.05, 0.1) is 4.91 Å². The van der Waals surface area contributed by atoms with E-state index in [0.717, 1.165) is 11.8 Å². The Labute approximate surface area is 147 Å². The molecule has 0 saturated carbocycles. The number of benzene rings is 1. The second-order valence-corrected chi connectivity index (χ2v) is 7.44. The Morgan fingerprint density at radius 3 is 2.87 bits per heavy atom. The van der Waals surface area contributed by atoms with Gasteiger partial charge in [0, 0.05) is 0 Å². The van der Waals surface area contributed by atoms with Crippen molar-refractivity contribution < 1.29 is 19.8 Å². The number of rotatable bonds is 6. The number of carboxylic acid groups (broad SMARTS) is 1. The molecule has 0 aliphatic carbocycles. The van der Waals surface area contributed by atoms with E-state index in [-0.39, 0.29) is 10.1 Å². The first-order chi connectivity index (χ1) is 10.9. The van der Waals surface area contributed by atoms with Crippen LogP contribution in [0.4, 0.5) is 0 Å². The summed E-state index contributed by atoms with van der Waals surface area (Å²) in [4.78, 5) is 25.5. The number of amides is 1. The largest absolute Gasteiger partial charge is 0.508 e. The van der Waals surface area contributed by atoms with Crippen molar-refractivity contribution >= 4 is 58.0 Å². The zero-order valence-corrected chi connectivity index (χ0v) is 14.7. The van der Waals surface area contributed by atoms with Crippen LogP contribution < -0.4 is 0 Å². The van der Waals surface area contributed by atoms with E-state index in [0.29, 0.717) is 22.6 Å². The minimum absolute atomic E-state index is 0.0950. The third-order valence-corrected chi connectivity index (χ3v) is 5.16. The van der Waals surface area contributed by atoms with Crippen molar-refractivity contribution in [3.63, 3.8) is 0 Å². The molecular weight excluding hydrogens is 354 g/mol. The summed E-state index contributed by atoms with van der Waals surface area (Å²) in [5.41, 5.74) is 0.654. The third kappa shape index (κ3) is 4.27. The highest BCUT2D eigenvalue weighted by Gasteiger charge is 2.40.